The van der Waals surface area contributed by atoms with E-state index in [2.05, 4.69) is 60.8 Å². The number of hydrogen-bond donors (Lipinski definition) is 2. The second kappa shape index (κ2) is 8.72. The Morgan fingerprint density at radius 1 is 1.06 bits per heavy atom. The van der Waals surface area contributed by atoms with E-state index in [0.29, 0.717) is 17.7 Å². The van der Waals surface area contributed by atoms with Gasteiger partial charge in [0.1, 0.15) is 5.75 Å². The van der Waals surface area contributed by atoms with Crippen molar-refractivity contribution in [2.45, 2.75) is 63.6 Å². The average Bonchev–Trinajstić information content (AvgIpc) is 3.21. The molecule has 4 nitrogen and oxygen atoms in total. The van der Waals surface area contributed by atoms with Crippen molar-refractivity contribution >= 4 is 16.7 Å². The summed E-state index contributed by atoms with van der Waals surface area (Å²) in [5.41, 5.74) is 1.32. The maximum absolute atomic E-state index is 11.4. The molecule has 162 valence electrons. The fourth-order valence-corrected chi connectivity index (χ4v) is 4.68. The SMILES string of the molecule is C[C@@H](NC1CCC(c2cccc(OC(C)(C)C(=O)O)c2)C1)c1cccc2ccccc12. The summed E-state index contributed by atoms with van der Waals surface area (Å²) in [5.74, 6) is 0.101. The number of carboxylic acid groups (broad SMARTS) is 1. The Bertz CT molecular complexity index is 1070. The number of carbonyl (C=O) groups is 1. The second-order valence-electron chi connectivity index (χ2n) is 9.15. The predicted octanol–water partition coefficient (Wildman–Crippen LogP) is 6.07. The molecule has 0 amide bonds. The average molecular weight is 418 g/mol. The fraction of sp³-hybridized carbons (Fsp3) is 0.370. The van der Waals surface area contributed by atoms with E-state index in [0.717, 1.165) is 19.3 Å². The van der Waals surface area contributed by atoms with E-state index in [4.69, 9.17) is 4.74 Å². The van der Waals surface area contributed by atoms with Crippen LogP contribution in [-0.4, -0.2) is 22.7 Å². The van der Waals surface area contributed by atoms with Gasteiger partial charge in [-0.05, 0) is 80.0 Å². The van der Waals surface area contributed by atoms with E-state index in [1.54, 1.807) is 13.8 Å². The van der Waals surface area contributed by atoms with Crippen molar-refractivity contribution in [1.82, 2.24) is 5.32 Å². The molecule has 2 unspecified atom stereocenters. The first kappa shape index (κ1) is 21.4. The number of aliphatic carboxylic acids is 1. The minimum absolute atomic E-state index is 0.279. The molecular formula is C27H31NO3. The largest absolute Gasteiger partial charge is 0.478 e. The maximum atomic E-state index is 11.4. The Labute approximate surface area is 184 Å². The van der Waals surface area contributed by atoms with Crippen molar-refractivity contribution in [2.24, 2.45) is 0 Å². The summed E-state index contributed by atoms with van der Waals surface area (Å²) < 4.78 is 5.74. The molecule has 1 aliphatic rings. The first-order chi connectivity index (χ1) is 14.8. The van der Waals surface area contributed by atoms with E-state index in [9.17, 15) is 9.90 Å². The van der Waals surface area contributed by atoms with Gasteiger partial charge in [-0.1, -0.05) is 54.6 Å². The van der Waals surface area contributed by atoms with Crippen LogP contribution in [-0.2, 0) is 4.79 Å². The molecule has 3 atom stereocenters. The van der Waals surface area contributed by atoms with Gasteiger partial charge in [0.05, 0.1) is 0 Å². The normalized spacial score (nSPS) is 20.0. The zero-order valence-corrected chi connectivity index (χ0v) is 18.5. The highest BCUT2D eigenvalue weighted by molar-refractivity contribution is 5.86. The third-order valence-corrected chi connectivity index (χ3v) is 6.43. The van der Waals surface area contributed by atoms with Crippen LogP contribution < -0.4 is 10.1 Å². The van der Waals surface area contributed by atoms with Crippen LogP contribution in [0.1, 0.15) is 63.1 Å². The number of rotatable bonds is 7. The Hall–Kier alpha value is -2.85. The molecule has 2 N–H and O–H groups in total. The Morgan fingerprint density at radius 2 is 1.81 bits per heavy atom. The molecule has 1 aliphatic carbocycles. The lowest BCUT2D eigenvalue weighted by molar-refractivity contribution is -0.152. The molecule has 0 saturated heterocycles. The van der Waals surface area contributed by atoms with Gasteiger partial charge in [0.2, 0.25) is 0 Å². The molecule has 1 saturated carbocycles. The standard InChI is InChI=1S/C27H31NO3/c1-18(24-13-7-9-19-8-4-5-12-25(19)24)28-22-15-14-21(16-22)20-10-6-11-23(17-20)31-27(2,3)26(29)30/h4-13,17-18,21-22,28H,14-16H2,1-3H3,(H,29,30)/t18-,21?,22?/m1/s1. The summed E-state index contributed by atoms with van der Waals surface area (Å²) in [6.07, 6.45) is 3.32. The molecule has 3 aromatic carbocycles. The third-order valence-electron chi connectivity index (χ3n) is 6.43. The molecule has 4 heteroatoms. The van der Waals surface area contributed by atoms with Crippen LogP contribution in [0.3, 0.4) is 0 Å². The number of hydrogen-bond acceptors (Lipinski definition) is 3. The van der Waals surface area contributed by atoms with Crippen LogP contribution in [0.25, 0.3) is 10.8 Å². The molecule has 0 aromatic heterocycles. The minimum atomic E-state index is -1.24. The van der Waals surface area contributed by atoms with Crippen molar-refractivity contribution < 1.29 is 14.6 Å². The quantitative estimate of drug-likeness (QED) is 0.490. The van der Waals surface area contributed by atoms with E-state index in [1.807, 2.05) is 18.2 Å². The van der Waals surface area contributed by atoms with Gasteiger partial charge in [-0.25, -0.2) is 4.79 Å². The lowest BCUT2D eigenvalue weighted by Gasteiger charge is -2.23. The van der Waals surface area contributed by atoms with Gasteiger partial charge in [0, 0.05) is 12.1 Å². The highest BCUT2D eigenvalue weighted by atomic mass is 16.5. The molecule has 0 radical (unpaired) electrons. The Balaban J connectivity index is 1.43. The number of carboxylic acids is 1. The lowest BCUT2D eigenvalue weighted by Crippen LogP contribution is -2.37. The molecule has 31 heavy (non-hydrogen) atoms. The highest BCUT2D eigenvalue weighted by Crippen LogP contribution is 2.37. The fourth-order valence-electron chi connectivity index (χ4n) is 4.68. The van der Waals surface area contributed by atoms with Crippen LogP contribution in [0, 0.1) is 0 Å². The summed E-state index contributed by atoms with van der Waals surface area (Å²) in [6, 6.07) is 23.7. The van der Waals surface area contributed by atoms with Crippen molar-refractivity contribution in [3.63, 3.8) is 0 Å². The van der Waals surface area contributed by atoms with Gasteiger partial charge in [0.15, 0.2) is 5.60 Å². The number of fused-ring (bicyclic) bond motifs is 1. The van der Waals surface area contributed by atoms with Gasteiger partial charge >= 0.3 is 5.97 Å². The van der Waals surface area contributed by atoms with E-state index < -0.39 is 11.6 Å². The van der Waals surface area contributed by atoms with E-state index in [1.165, 1.54) is 21.9 Å². The van der Waals surface area contributed by atoms with Crippen molar-refractivity contribution in [3.05, 3.63) is 77.9 Å². The van der Waals surface area contributed by atoms with E-state index in [-0.39, 0.29) is 6.04 Å². The third kappa shape index (κ3) is 4.75. The smallest absolute Gasteiger partial charge is 0.347 e. The summed E-state index contributed by atoms with van der Waals surface area (Å²) >= 11 is 0. The molecule has 0 heterocycles. The molecule has 0 bridgehead atoms. The predicted molar refractivity (Wildman–Crippen MR) is 125 cm³/mol. The molecule has 4 rings (SSSR count). The van der Waals surface area contributed by atoms with Crippen LogP contribution in [0.5, 0.6) is 5.75 Å². The number of benzene rings is 3. The molecular weight excluding hydrogens is 386 g/mol. The minimum Gasteiger partial charge on any atom is -0.478 e. The number of ether oxygens (including phenoxy) is 1. The van der Waals surface area contributed by atoms with Gasteiger partial charge in [0.25, 0.3) is 0 Å². The van der Waals surface area contributed by atoms with Crippen molar-refractivity contribution in [1.29, 1.82) is 0 Å². The molecule has 0 aliphatic heterocycles. The Morgan fingerprint density at radius 3 is 2.61 bits per heavy atom. The van der Waals surface area contributed by atoms with Crippen LogP contribution >= 0.6 is 0 Å². The monoisotopic (exact) mass is 417 g/mol. The summed E-state index contributed by atoms with van der Waals surface area (Å²) in [4.78, 5) is 11.4. The molecule has 1 fully saturated rings. The zero-order chi connectivity index (χ0) is 22.0. The van der Waals surface area contributed by atoms with E-state index >= 15 is 0 Å². The topological polar surface area (TPSA) is 58.6 Å². The molecule has 3 aromatic rings. The zero-order valence-electron chi connectivity index (χ0n) is 18.5. The van der Waals surface area contributed by atoms with Crippen LogP contribution in [0.15, 0.2) is 66.7 Å². The van der Waals surface area contributed by atoms with Crippen molar-refractivity contribution in [2.75, 3.05) is 0 Å². The number of nitrogens with one attached hydrogen (secondary N) is 1. The lowest BCUT2D eigenvalue weighted by atomic mass is 9.96. The van der Waals surface area contributed by atoms with Crippen molar-refractivity contribution in [3.8, 4) is 5.75 Å². The summed E-state index contributed by atoms with van der Waals surface area (Å²) in [5, 5.41) is 15.8. The first-order valence-corrected chi connectivity index (χ1v) is 11.1. The van der Waals surface area contributed by atoms with Gasteiger partial charge in [-0.2, -0.15) is 0 Å². The molecule has 0 spiro atoms. The van der Waals surface area contributed by atoms with Gasteiger partial charge in [-0.15, -0.1) is 0 Å². The van der Waals surface area contributed by atoms with Gasteiger partial charge < -0.3 is 15.2 Å². The summed E-state index contributed by atoms with van der Waals surface area (Å²) in [6.45, 7) is 5.40. The van der Waals surface area contributed by atoms with Gasteiger partial charge in [-0.3, -0.25) is 0 Å². The maximum Gasteiger partial charge on any atom is 0.347 e. The Kier molecular flexibility index (Phi) is 6.01. The highest BCUT2D eigenvalue weighted by Gasteiger charge is 2.31. The van der Waals surface area contributed by atoms with Crippen LogP contribution in [0.4, 0.5) is 0 Å². The second-order valence-corrected chi connectivity index (χ2v) is 9.15. The van der Waals surface area contributed by atoms with Crippen LogP contribution in [0.2, 0.25) is 0 Å². The first-order valence-electron chi connectivity index (χ1n) is 11.1. The summed E-state index contributed by atoms with van der Waals surface area (Å²) in [7, 11) is 0.